The average Bonchev–Trinajstić information content (AvgIpc) is 2.37. The molecule has 1 rings (SSSR count). The Morgan fingerprint density at radius 3 is 2.09 bits per heavy atom. The van der Waals surface area contributed by atoms with Gasteiger partial charge >= 0.3 is 6.09 Å². The fourth-order valence-corrected chi connectivity index (χ4v) is 3.03. The van der Waals surface area contributed by atoms with Crippen molar-refractivity contribution in [3.8, 4) is 0 Å². The molecule has 1 fully saturated rings. The van der Waals surface area contributed by atoms with E-state index >= 15 is 0 Å². The van der Waals surface area contributed by atoms with Gasteiger partial charge < -0.3 is 20.3 Å². The van der Waals surface area contributed by atoms with Crippen LogP contribution in [0.5, 0.6) is 0 Å². The molecular weight excluding hydrogens is 290 g/mol. The molecule has 1 aliphatic rings. The van der Waals surface area contributed by atoms with Crippen LogP contribution in [0.25, 0.3) is 0 Å². The average molecular weight is 328 g/mol. The lowest BCUT2D eigenvalue weighted by atomic mass is 9.90. The summed E-state index contributed by atoms with van der Waals surface area (Å²) < 4.78 is 5.34. The highest BCUT2D eigenvalue weighted by molar-refractivity contribution is 5.68. The summed E-state index contributed by atoms with van der Waals surface area (Å²) in [7, 11) is 4.25. The lowest BCUT2D eigenvalue weighted by molar-refractivity contribution is 0.0488. The first-order chi connectivity index (χ1) is 10.6. The Morgan fingerprint density at radius 1 is 1.13 bits per heavy atom. The third-order valence-electron chi connectivity index (χ3n) is 4.26. The number of carbonyl (C=O) groups is 1. The molecule has 0 radical (unpaired) electrons. The van der Waals surface area contributed by atoms with Crippen molar-refractivity contribution in [2.24, 2.45) is 5.92 Å². The molecule has 2 N–H and O–H groups in total. The number of likely N-dealkylation sites (N-methyl/N-ethyl adjacent to an activating group) is 1. The van der Waals surface area contributed by atoms with Crippen LogP contribution in [0.3, 0.4) is 0 Å². The fourth-order valence-electron chi connectivity index (χ4n) is 3.03. The molecular formula is C18H37N3O2. The second kappa shape index (κ2) is 8.88. The number of alkyl carbamates (subject to hydrolysis) is 1. The third-order valence-corrected chi connectivity index (χ3v) is 4.26. The van der Waals surface area contributed by atoms with E-state index in [1.807, 2.05) is 20.8 Å². The predicted molar refractivity (Wildman–Crippen MR) is 95.7 cm³/mol. The van der Waals surface area contributed by atoms with Gasteiger partial charge in [0.15, 0.2) is 0 Å². The molecule has 0 spiro atoms. The predicted octanol–water partition coefficient (Wildman–Crippen LogP) is 3.00. The molecule has 0 aromatic heterocycles. The lowest BCUT2D eigenvalue weighted by Gasteiger charge is -2.35. The summed E-state index contributed by atoms with van der Waals surface area (Å²) in [5.41, 5.74) is -0.431. The molecule has 5 heteroatoms. The van der Waals surface area contributed by atoms with Gasteiger partial charge in [0.1, 0.15) is 5.60 Å². The molecule has 0 aromatic rings. The molecule has 1 saturated carbocycles. The van der Waals surface area contributed by atoms with E-state index in [1.54, 1.807) is 0 Å². The molecule has 136 valence electrons. The van der Waals surface area contributed by atoms with E-state index < -0.39 is 5.60 Å². The normalized spacial score (nSPS) is 23.9. The Balaban J connectivity index is 2.36. The highest BCUT2D eigenvalue weighted by atomic mass is 16.6. The Bertz CT molecular complexity index is 356. The van der Waals surface area contributed by atoms with Gasteiger partial charge in [-0.2, -0.15) is 0 Å². The van der Waals surface area contributed by atoms with Gasteiger partial charge in [0.2, 0.25) is 0 Å². The summed E-state index contributed by atoms with van der Waals surface area (Å²) in [5.74, 6) is 0.620. The SMILES string of the molecule is CC(C)C(CN(C)C)NC1CCC(NC(=O)OC(C)(C)C)CC1. The highest BCUT2D eigenvalue weighted by Crippen LogP contribution is 2.21. The zero-order valence-electron chi connectivity index (χ0n) is 16.1. The van der Waals surface area contributed by atoms with Gasteiger partial charge in [0.25, 0.3) is 0 Å². The molecule has 0 aliphatic heterocycles. The Morgan fingerprint density at radius 2 is 1.65 bits per heavy atom. The molecule has 0 heterocycles. The maximum atomic E-state index is 11.8. The monoisotopic (exact) mass is 327 g/mol. The molecule has 0 saturated heterocycles. The van der Waals surface area contributed by atoms with E-state index in [2.05, 4.69) is 43.5 Å². The topological polar surface area (TPSA) is 53.6 Å². The number of nitrogens with one attached hydrogen (secondary N) is 2. The van der Waals surface area contributed by atoms with E-state index in [9.17, 15) is 4.79 Å². The number of nitrogens with zero attached hydrogens (tertiary/aromatic N) is 1. The first kappa shape index (κ1) is 20.2. The Labute approximate surface area is 142 Å². The van der Waals surface area contributed by atoms with Crippen LogP contribution in [0.15, 0.2) is 0 Å². The van der Waals surface area contributed by atoms with Crippen LogP contribution in [0.2, 0.25) is 0 Å². The molecule has 23 heavy (non-hydrogen) atoms. The van der Waals surface area contributed by atoms with Crippen molar-refractivity contribution in [3.05, 3.63) is 0 Å². The van der Waals surface area contributed by atoms with Crippen LogP contribution in [0, 0.1) is 5.92 Å². The number of rotatable bonds is 6. The number of amides is 1. The number of hydrogen-bond donors (Lipinski definition) is 2. The summed E-state index contributed by atoms with van der Waals surface area (Å²) in [6.45, 7) is 11.3. The van der Waals surface area contributed by atoms with E-state index in [-0.39, 0.29) is 12.1 Å². The minimum Gasteiger partial charge on any atom is -0.444 e. The van der Waals surface area contributed by atoms with E-state index in [0.717, 1.165) is 32.2 Å². The summed E-state index contributed by atoms with van der Waals surface area (Å²) in [5, 5.41) is 6.82. The lowest BCUT2D eigenvalue weighted by Crippen LogP contribution is -2.50. The molecule has 1 amide bonds. The smallest absolute Gasteiger partial charge is 0.407 e. The Kier molecular flexibility index (Phi) is 7.81. The van der Waals surface area contributed by atoms with Gasteiger partial charge in [-0.05, 0) is 66.5 Å². The van der Waals surface area contributed by atoms with E-state index in [4.69, 9.17) is 4.74 Å². The highest BCUT2D eigenvalue weighted by Gasteiger charge is 2.26. The van der Waals surface area contributed by atoms with Crippen LogP contribution < -0.4 is 10.6 Å². The summed E-state index contributed by atoms with van der Waals surface area (Å²) in [6, 6.07) is 1.32. The summed E-state index contributed by atoms with van der Waals surface area (Å²) >= 11 is 0. The molecule has 0 bridgehead atoms. The van der Waals surface area contributed by atoms with Crippen molar-refractivity contribution in [1.29, 1.82) is 0 Å². The van der Waals surface area contributed by atoms with Crippen LogP contribution in [-0.4, -0.2) is 55.4 Å². The summed E-state index contributed by atoms with van der Waals surface area (Å²) in [4.78, 5) is 14.1. The molecule has 1 atom stereocenters. The zero-order chi connectivity index (χ0) is 17.6. The Hall–Kier alpha value is -0.810. The molecule has 0 aromatic carbocycles. The van der Waals surface area contributed by atoms with E-state index in [1.165, 1.54) is 0 Å². The van der Waals surface area contributed by atoms with Crippen molar-refractivity contribution >= 4 is 6.09 Å². The van der Waals surface area contributed by atoms with Crippen LogP contribution >= 0.6 is 0 Å². The second-order valence-corrected chi connectivity index (χ2v) is 8.47. The van der Waals surface area contributed by atoms with Crippen molar-refractivity contribution in [3.63, 3.8) is 0 Å². The standard InChI is InChI=1S/C18H37N3O2/c1-13(2)16(12-21(6)7)19-14-8-10-15(11-9-14)20-17(22)23-18(3,4)5/h13-16,19H,8-12H2,1-7H3,(H,20,22). The maximum absolute atomic E-state index is 11.8. The van der Waals surface area contributed by atoms with Crippen molar-refractivity contribution in [2.75, 3.05) is 20.6 Å². The maximum Gasteiger partial charge on any atom is 0.407 e. The molecule has 1 aliphatic carbocycles. The van der Waals surface area contributed by atoms with E-state index in [0.29, 0.717) is 18.0 Å². The van der Waals surface area contributed by atoms with Crippen LogP contribution in [0.1, 0.15) is 60.3 Å². The van der Waals surface area contributed by atoms with Gasteiger partial charge in [-0.15, -0.1) is 0 Å². The number of carbonyl (C=O) groups excluding carboxylic acids is 1. The molecule has 5 nitrogen and oxygen atoms in total. The van der Waals surface area contributed by atoms with Gasteiger partial charge in [0, 0.05) is 24.7 Å². The first-order valence-electron chi connectivity index (χ1n) is 8.97. The number of ether oxygens (including phenoxy) is 1. The largest absolute Gasteiger partial charge is 0.444 e. The quantitative estimate of drug-likeness (QED) is 0.787. The van der Waals surface area contributed by atoms with Gasteiger partial charge in [-0.3, -0.25) is 0 Å². The van der Waals surface area contributed by atoms with Gasteiger partial charge in [-0.1, -0.05) is 13.8 Å². The van der Waals surface area contributed by atoms with Crippen molar-refractivity contribution < 1.29 is 9.53 Å². The van der Waals surface area contributed by atoms with Crippen LogP contribution in [-0.2, 0) is 4.74 Å². The third kappa shape index (κ3) is 8.56. The zero-order valence-corrected chi connectivity index (χ0v) is 16.1. The summed E-state index contributed by atoms with van der Waals surface area (Å²) in [6.07, 6.45) is 3.96. The fraction of sp³-hybridized carbons (Fsp3) is 0.944. The van der Waals surface area contributed by atoms with Crippen molar-refractivity contribution in [2.45, 2.75) is 84.0 Å². The second-order valence-electron chi connectivity index (χ2n) is 8.47. The minimum absolute atomic E-state index is 0.245. The molecule has 1 unspecified atom stereocenters. The van der Waals surface area contributed by atoms with Gasteiger partial charge in [-0.25, -0.2) is 4.79 Å². The minimum atomic E-state index is -0.431. The van der Waals surface area contributed by atoms with Crippen LogP contribution in [0.4, 0.5) is 4.79 Å². The number of hydrogen-bond acceptors (Lipinski definition) is 4. The van der Waals surface area contributed by atoms with Crippen molar-refractivity contribution in [1.82, 2.24) is 15.5 Å². The first-order valence-corrected chi connectivity index (χ1v) is 8.97. The van der Waals surface area contributed by atoms with Gasteiger partial charge in [0.05, 0.1) is 0 Å².